The predicted octanol–water partition coefficient (Wildman–Crippen LogP) is -0.193. The van der Waals surface area contributed by atoms with Gasteiger partial charge in [0.05, 0.1) is 13.2 Å². The van der Waals surface area contributed by atoms with Crippen molar-refractivity contribution in [1.82, 2.24) is 0 Å². The smallest absolute Gasteiger partial charge is 0.287 e. The molecule has 0 rings (SSSR count). The molecule has 0 fully saturated rings. The van der Waals surface area contributed by atoms with Crippen LogP contribution in [0.5, 0.6) is 0 Å². The van der Waals surface area contributed by atoms with Crippen LogP contribution in [0.4, 0.5) is 0 Å². The molecule has 0 atom stereocenters. The quantitative estimate of drug-likeness (QED) is 0.199. The van der Waals surface area contributed by atoms with Crippen molar-refractivity contribution in [3.63, 3.8) is 0 Å². The minimum Gasteiger partial charge on any atom is -0.287 e. The van der Waals surface area contributed by atoms with E-state index in [0.717, 1.165) is 0 Å². The first-order valence-corrected chi connectivity index (χ1v) is 4.47. The Balaban J connectivity index is 3.12. The highest BCUT2D eigenvalue weighted by atomic mass is 32.3. The summed E-state index contributed by atoms with van der Waals surface area (Å²) in [6.45, 7) is -0.547. The summed E-state index contributed by atoms with van der Waals surface area (Å²) in [6, 6.07) is 0. The highest BCUT2D eigenvalue weighted by molar-refractivity contribution is 7.89. The second-order valence-electron chi connectivity index (χ2n) is 1.28. The van der Waals surface area contributed by atoms with Gasteiger partial charge in [0, 0.05) is 0 Å². The van der Waals surface area contributed by atoms with E-state index in [0.29, 0.717) is 0 Å². The van der Waals surface area contributed by atoms with Crippen molar-refractivity contribution in [2.75, 3.05) is 13.2 Å². The Bertz CT molecular complexity index is 185. The fraction of sp³-hybridized carbons (Fsp3) is 1.00. The van der Waals surface area contributed by atoms with Gasteiger partial charge in [-0.05, 0) is 0 Å². The molecule has 0 spiro atoms. The number of hydrogen-bond donors (Lipinski definition) is 2. The van der Waals surface area contributed by atoms with E-state index in [1.807, 2.05) is 0 Å². The zero-order valence-electron chi connectivity index (χ0n) is 5.57. The SMILES string of the molecule is O=S(=O)(O)OCCOSOOO. The van der Waals surface area contributed by atoms with E-state index in [1.165, 1.54) is 0 Å². The summed E-state index contributed by atoms with van der Waals surface area (Å²) in [7, 11) is -4.43. The lowest BCUT2D eigenvalue weighted by atomic mass is 10.8. The molecule has 0 unspecified atom stereocenters. The third-order valence-electron chi connectivity index (χ3n) is 0.505. The molecule has 0 heterocycles. The monoisotopic (exact) mass is 222 g/mol. The normalized spacial score (nSPS) is 11.8. The van der Waals surface area contributed by atoms with Crippen molar-refractivity contribution in [2.24, 2.45) is 0 Å². The largest absolute Gasteiger partial charge is 0.397 e. The van der Waals surface area contributed by atoms with Crippen LogP contribution in [0, 0.1) is 0 Å². The minimum absolute atomic E-state index is 0.173. The first-order chi connectivity index (χ1) is 5.56. The molecular formula is C2H6O8S2. The minimum atomic E-state index is -4.43. The summed E-state index contributed by atoms with van der Waals surface area (Å²) in [5.74, 6) is 0. The molecule has 0 aliphatic rings. The molecule has 74 valence electrons. The Labute approximate surface area is 72.6 Å². The van der Waals surface area contributed by atoms with Crippen LogP contribution in [0.2, 0.25) is 0 Å². The zero-order valence-corrected chi connectivity index (χ0v) is 7.21. The molecule has 12 heavy (non-hydrogen) atoms. The van der Waals surface area contributed by atoms with Crippen molar-refractivity contribution >= 4 is 22.7 Å². The van der Waals surface area contributed by atoms with E-state index in [1.54, 1.807) is 0 Å². The molecule has 10 heteroatoms. The van der Waals surface area contributed by atoms with Crippen LogP contribution in [0.25, 0.3) is 0 Å². The third-order valence-corrected chi connectivity index (χ3v) is 1.35. The van der Waals surface area contributed by atoms with Crippen LogP contribution >= 0.6 is 12.3 Å². The Morgan fingerprint density at radius 2 is 2.00 bits per heavy atom. The molecule has 8 nitrogen and oxygen atoms in total. The Kier molecular flexibility index (Phi) is 6.60. The highest BCUT2D eigenvalue weighted by Gasteiger charge is 2.03. The maximum atomic E-state index is 9.90. The lowest BCUT2D eigenvalue weighted by molar-refractivity contribution is -0.434. The van der Waals surface area contributed by atoms with Crippen molar-refractivity contribution in [1.29, 1.82) is 0 Å². The second-order valence-corrected chi connectivity index (χ2v) is 2.88. The molecule has 0 amide bonds. The van der Waals surface area contributed by atoms with Crippen molar-refractivity contribution in [2.45, 2.75) is 0 Å². The van der Waals surface area contributed by atoms with Crippen molar-refractivity contribution in [3.8, 4) is 0 Å². The Morgan fingerprint density at radius 3 is 2.50 bits per heavy atom. The Hall–Kier alpha value is 0.0600. The summed E-state index contributed by atoms with van der Waals surface area (Å²) in [6.07, 6.45) is 0. The van der Waals surface area contributed by atoms with Gasteiger partial charge in [-0.1, -0.05) is 5.04 Å². The van der Waals surface area contributed by atoms with Gasteiger partial charge < -0.3 is 0 Å². The van der Waals surface area contributed by atoms with Gasteiger partial charge in [0.1, 0.15) is 0 Å². The van der Waals surface area contributed by atoms with Gasteiger partial charge in [-0.15, -0.1) is 4.33 Å². The molecule has 0 radical (unpaired) electrons. The predicted molar refractivity (Wildman–Crippen MR) is 35.8 cm³/mol. The van der Waals surface area contributed by atoms with Gasteiger partial charge in [0.2, 0.25) is 0 Å². The van der Waals surface area contributed by atoms with E-state index in [4.69, 9.17) is 9.81 Å². The maximum absolute atomic E-state index is 9.90. The van der Waals surface area contributed by atoms with Crippen LogP contribution in [0.3, 0.4) is 0 Å². The molecule has 0 aromatic heterocycles. The third kappa shape index (κ3) is 10.1. The fourth-order valence-corrected chi connectivity index (χ4v) is 0.718. The highest BCUT2D eigenvalue weighted by Crippen LogP contribution is 2.03. The number of hydrogen-bond acceptors (Lipinski definition) is 8. The van der Waals surface area contributed by atoms with E-state index in [-0.39, 0.29) is 25.5 Å². The maximum Gasteiger partial charge on any atom is 0.397 e. The average Bonchev–Trinajstić information content (AvgIpc) is 1.94. The van der Waals surface area contributed by atoms with Crippen LogP contribution in [-0.4, -0.2) is 31.4 Å². The first kappa shape index (κ1) is 12.1. The van der Waals surface area contributed by atoms with Crippen LogP contribution < -0.4 is 0 Å². The lowest BCUT2D eigenvalue weighted by Crippen LogP contribution is -2.08. The standard InChI is InChI=1S/C2H6O8S2/c3-9-10-11-7-1-2-8-12(4,5)6/h3H,1-2H2,(H,4,5,6). The summed E-state index contributed by atoms with van der Waals surface area (Å²) >= 11 is 0.275. The van der Waals surface area contributed by atoms with Crippen LogP contribution in [0.1, 0.15) is 0 Å². The van der Waals surface area contributed by atoms with E-state index < -0.39 is 10.4 Å². The lowest BCUT2D eigenvalue weighted by Gasteiger charge is -1.98. The summed E-state index contributed by atoms with van der Waals surface area (Å²) in [5, 5.41) is 10.7. The molecule has 0 aromatic rings. The molecular weight excluding hydrogens is 216 g/mol. The second kappa shape index (κ2) is 6.56. The van der Waals surface area contributed by atoms with Gasteiger partial charge in [-0.25, -0.2) is 9.44 Å². The van der Waals surface area contributed by atoms with Gasteiger partial charge >= 0.3 is 10.4 Å². The van der Waals surface area contributed by atoms with E-state index in [9.17, 15) is 8.42 Å². The zero-order chi connectivity index (χ0) is 9.45. The van der Waals surface area contributed by atoms with Crippen molar-refractivity contribution in [3.05, 3.63) is 0 Å². The Morgan fingerprint density at radius 1 is 1.33 bits per heavy atom. The summed E-state index contributed by atoms with van der Waals surface area (Å²) in [5.41, 5.74) is 0. The van der Waals surface area contributed by atoms with E-state index in [2.05, 4.69) is 17.7 Å². The van der Waals surface area contributed by atoms with Gasteiger partial charge in [0.15, 0.2) is 12.3 Å². The van der Waals surface area contributed by atoms with Crippen molar-refractivity contribution < 1.29 is 36.0 Å². The summed E-state index contributed by atoms with van der Waals surface area (Å²) in [4.78, 5) is 0. The molecule has 0 saturated carbocycles. The van der Waals surface area contributed by atoms with Crippen LogP contribution in [-0.2, 0) is 28.1 Å². The summed E-state index contributed by atoms with van der Waals surface area (Å²) < 4.78 is 39.8. The molecule has 0 aliphatic heterocycles. The molecule has 0 bridgehead atoms. The molecule has 2 N–H and O–H groups in total. The molecule has 0 aliphatic carbocycles. The average molecular weight is 222 g/mol. The molecule has 0 aromatic carbocycles. The van der Waals surface area contributed by atoms with Crippen LogP contribution in [0.15, 0.2) is 0 Å². The topological polar surface area (TPSA) is 112 Å². The first-order valence-electron chi connectivity index (χ1n) is 2.44. The van der Waals surface area contributed by atoms with Gasteiger partial charge in [-0.3, -0.25) is 8.74 Å². The van der Waals surface area contributed by atoms with Gasteiger partial charge in [0.25, 0.3) is 0 Å². The van der Waals surface area contributed by atoms with Gasteiger partial charge in [-0.2, -0.15) is 8.42 Å². The number of rotatable bonds is 7. The van der Waals surface area contributed by atoms with E-state index >= 15 is 0 Å². The molecule has 0 saturated heterocycles. The fourth-order valence-electron chi connectivity index (χ4n) is 0.239.